The first-order chi connectivity index (χ1) is 8.97. The molecule has 1 saturated carbocycles. The van der Waals surface area contributed by atoms with Gasteiger partial charge in [0.25, 0.3) is 0 Å². The van der Waals surface area contributed by atoms with Gasteiger partial charge < -0.3 is 10.5 Å². The molecule has 1 fully saturated rings. The third-order valence-electron chi connectivity index (χ3n) is 3.18. The second-order valence-electron chi connectivity index (χ2n) is 4.60. The summed E-state index contributed by atoms with van der Waals surface area (Å²) in [5, 5.41) is 0.167. The third-order valence-corrected chi connectivity index (χ3v) is 5.15. The zero-order chi connectivity index (χ0) is 14.0. The number of methoxy groups -OCH3 is 1. The van der Waals surface area contributed by atoms with Crippen molar-refractivity contribution in [3.8, 4) is 5.75 Å². The second kappa shape index (κ2) is 5.66. The summed E-state index contributed by atoms with van der Waals surface area (Å²) in [6, 6.07) is 4.30. The van der Waals surface area contributed by atoms with Crippen molar-refractivity contribution >= 4 is 21.6 Å². The molecule has 0 bridgehead atoms. The SMILES string of the molecule is COc1ccc(Cl)c(S(=O)(=O)NC(CN)C2CC2)c1. The van der Waals surface area contributed by atoms with Gasteiger partial charge in [-0.15, -0.1) is 0 Å². The molecule has 0 aliphatic heterocycles. The van der Waals surface area contributed by atoms with Crippen LogP contribution in [-0.2, 0) is 10.0 Å². The van der Waals surface area contributed by atoms with Crippen LogP contribution >= 0.6 is 11.6 Å². The molecule has 3 N–H and O–H groups in total. The van der Waals surface area contributed by atoms with Crippen LogP contribution in [0.5, 0.6) is 5.75 Å². The maximum Gasteiger partial charge on any atom is 0.242 e. The van der Waals surface area contributed by atoms with E-state index in [0.717, 1.165) is 12.8 Å². The number of ether oxygens (including phenoxy) is 1. The summed E-state index contributed by atoms with van der Waals surface area (Å²) in [7, 11) is -2.21. The Morgan fingerprint density at radius 1 is 1.53 bits per heavy atom. The van der Waals surface area contributed by atoms with E-state index in [-0.39, 0.29) is 22.5 Å². The van der Waals surface area contributed by atoms with Crippen molar-refractivity contribution in [3.63, 3.8) is 0 Å². The lowest BCUT2D eigenvalue weighted by Crippen LogP contribution is -2.41. The fourth-order valence-corrected chi connectivity index (χ4v) is 3.75. The summed E-state index contributed by atoms with van der Waals surface area (Å²) >= 11 is 5.95. The van der Waals surface area contributed by atoms with E-state index in [2.05, 4.69) is 4.72 Å². The van der Waals surface area contributed by atoms with E-state index in [1.165, 1.54) is 19.2 Å². The molecule has 0 heterocycles. The van der Waals surface area contributed by atoms with Crippen molar-refractivity contribution in [1.82, 2.24) is 4.72 Å². The van der Waals surface area contributed by atoms with Crippen LogP contribution in [0, 0.1) is 5.92 Å². The lowest BCUT2D eigenvalue weighted by atomic mass is 10.2. The highest BCUT2D eigenvalue weighted by atomic mass is 35.5. The van der Waals surface area contributed by atoms with Gasteiger partial charge in [-0.25, -0.2) is 13.1 Å². The van der Waals surface area contributed by atoms with Gasteiger partial charge >= 0.3 is 0 Å². The van der Waals surface area contributed by atoms with Crippen molar-refractivity contribution in [2.24, 2.45) is 11.7 Å². The van der Waals surface area contributed by atoms with Gasteiger partial charge in [0.05, 0.1) is 12.1 Å². The van der Waals surface area contributed by atoms with Crippen LogP contribution in [0.1, 0.15) is 12.8 Å². The molecule has 0 amide bonds. The topological polar surface area (TPSA) is 81.4 Å². The van der Waals surface area contributed by atoms with Gasteiger partial charge in [0.15, 0.2) is 0 Å². The Labute approximate surface area is 118 Å². The van der Waals surface area contributed by atoms with Gasteiger partial charge in [-0.3, -0.25) is 0 Å². The highest BCUT2D eigenvalue weighted by molar-refractivity contribution is 7.89. The van der Waals surface area contributed by atoms with Crippen molar-refractivity contribution in [2.75, 3.05) is 13.7 Å². The zero-order valence-electron chi connectivity index (χ0n) is 10.6. The van der Waals surface area contributed by atoms with Crippen molar-refractivity contribution < 1.29 is 13.2 Å². The van der Waals surface area contributed by atoms with Gasteiger partial charge in [0, 0.05) is 18.7 Å². The standard InChI is InChI=1S/C12H17ClN2O3S/c1-18-9-4-5-10(13)12(6-9)19(16,17)15-11(7-14)8-2-3-8/h4-6,8,11,15H,2-3,7,14H2,1H3. The maximum atomic E-state index is 12.3. The first kappa shape index (κ1) is 14.6. The number of rotatable bonds is 6. The Balaban J connectivity index is 2.27. The van der Waals surface area contributed by atoms with Crippen LogP contribution in [0.3, 0.4) is 0 Å². The Kier molecular flexibility index (Phi) is 4.35. The molecular weight excluding hydrogens is 288 g/mol. The van der Waals surface area contributed by atoms with Crippen LogP contribution < -0.4 is 15.2 Å². The number of nitrogens with one attached hydrogen (secondary N) is 1. The predicted molar refractivity (Wildman–Crippen MR) is 73.9 cm³/mol. The highest BCUT2D eigenvalue weighted by Gasteiger charge is 2.34. The van der Waals surface area contributed by atoms with Crippen LogP contribution in [-0.4, -0.2) is 28.1 Å². The predicted octanol–water partition coefficient (Wildman–Crippen LogP) is 1.36. The average Bonchev–Trinajstić information content (AvgIpc) is 3.20. The number of benzene rings is 1. The fraction of sp³-hybridized carbons (Fsp3) is 0.500. The molecule has 1 unspecified atom stereocenters. The normalized spacial score (nSPS) is 17.2. The van der Waals surface area contributed by atoms with Gasteiger partial charge in [-0.2, -0.15) is 0 Å². The summed E-state index contributed by atoms with van der Waals surface area (Å²) in [5.74, 6) is 0.782. The Hall–Kier alpha value is -0.820. The molecule has 7 heteroatoms. The first-order valence-electron chi connectivity index (χ1n) is 6.04. The van der Waals surface area contributed by atoms with E-state index in [1.807, 2.05) is 0 Å². The summed E-state index contributed by atoms with van der Waals surface area (Å²) in [6.45, 7) is 0.283. The Bertz CT molecular complexity index is 558. The molecule has 1 aliphatic carbocycles. The molecule has 0 spiro atoms. The number of halogens is 1. The molecule has 0 radical (unpaired) electrons. The van der Waals surface area contributed by atoms with Gasteiger partial charge in [0.2, 0.25) is 10.0 Å². The molecule has 1 atom stereocenters. The van der Waals surface area contributed by atoms with Gasteiger partial charge in [-0.1, -0.05) is 11.6 Å². The number of sulfonamides is 1. The lowest BCUT2D eigenvalue weighted by Gasteiger charge is -2.17. The lowest BCUT2D eigenvalue weighted by molar-refractivity contribution is 0.413. The first-order valence-corrected chi connectivity index (χ1v) is 7.90. The number of nitrogens with two attached hydrogens (primary N) is 1. The van der Waals surface area contributed by atoms with E-state index in [4.69, 9.17) is 22.1 Å². The van der Waals surface area contributed by atoms with E-state index >= 15 is 0 Å². The molecule has 19 heavy (non-hydrogen) atoms. The second-order valence-corrected chi connectivity index (χ2v) is 6.69. The molecule has 0 aromatic heterocycles. The van der Waals surface area contributed by atoms with Crippen molar-refractivity contribution in [2.45, 2.75) is 23.8 Å². The summed E-state index contributed by atoms with van der Waals surface area (Å²) in [4.78, 5) is 0.0209. The van der Waals surface area contributed by atoms with E-state index in [0.29, 0.717) is 11.7 Å². The number of hydrogen-bond donors (Lipinski definition) is 2. The Morgan fingerprint density at radius 2 is 2.21 bits per heavy atom. The molecule has 5 nitrogen and oxygen atoms in total. The molecule has 2 rings (SSSR count). The van der Waals surface area contributed by atoms with E-state index in [1.54, 1.807) is 6.07 Å². The average molecular weight is 305 g/mol. The minimum atomic E-state index is -3.68. The van der Waals surface area contributed by atoms with E-state index < -0.39 is 10.0 Å². The fourth-order valence-electron chi connectivity index (χ4n) is 1.91. The third kappa shape index (κ3) is 3.39. The van der Waals surface area contributed by atoms with Crippen LogP contribution in [0.4, 0.5) is 0 Å². The summed E-state index contributed by atoms with van der Waals surface area (Å²) < 4.78 is 32.3. The zero-order valence-corrected chi connectivity index (χ0v) is 12.2. The van der Waals surface area contributed by atoms with Gasteiger partial charge in [0.1, 0.15) is 10.6 Å². The summed E-state index contributed by atoms with van der Waals surface area (Å²) in [6.07, 6.45) is 2.02. The minimum absolute atomic E-state index is 0.0209. The van der Waals surface area contributed by atoms with E-state index in [9.17, 15) is 8.42 Å². The monoisotopic (exact) mass is 304 g/mol. The smallest absolute Gasteiger partial charge is 0.242 e. The Morgan fingerprint density at radius 3 is 2.74 bits per heavy atom. The molecular formula is C12H17ClN2O3S. The quantitative estimate of drug-likeness (QED) is 0.831. The minimum Gasteiger partial charge on any atom is -0.497 e. The van der Waals surface area contributed by atoms with Crippen molar-refractivity contribution in [3.05, 3.63) is 23.2 Å². The summed E-state index contributed by atoms with van der Waals surface area (Å²) in [5.41, 5.74) is 5.61. The van der Waals surface area contributed by atoms with Gasteiger partial charge in [-0.05, 0) is 30.9 Å². The molecule has 106 valence electrons. The molecule has 1 aliphatic rings. The largest absolute Gasteiger partial charge is 0.497 e. The molecule has 1 aromatic rings. The molecule has 1 aromatic carbocycles. The van der Waals surface area contributed by atoms with Crippen LogP contribution in [0.25, 0.3) is 0 Å². The number of hydrogen-bond acceptors (Lipinski definition) is 4. The molecule has 0 saturated heterocycles. The maximum absolute atomic E-state index is 12.3. The van der Waals surface area contributed by atoms with Crippen LogP contribution in [0.2, 0.25) is 5.02 Å². The highest BCUT2D eigenvalue weighted by Crippen LogP contribution is 2.33. The van der Waals surface area contributed by atoms with Crippen molar-refractivity contribution in [1.29, 1.82) is 0 Å². The van der Waals surface area contributed by atoms with Crippen LogP contribution in [0.15, 0.2) is 23.1 Å².